The molecule has 0 atom stereocenters. The minimum Gasteiger partial charge on any atom is -0.462 e. The molecule has 5 nitrogen and oxygen atoms in total. The summed E-state index contributed by atoms with van der Waals surface area (Å²) in [5.41, 5.74) is 3.10. The number of rotatable bonds is 5. The van der Waals surface area contributed by atoms with Gasteiger partial charge in [0, 0.05) is 12.2 Å². The summed E-state index contributed by atoms with van der Waals surface area (Å²) in [5, 5.41) is 2.85. The Morgan fingerprint density at radius 2 is 1.86 bits per heavy atom. The summed E-state index contributed by atoms with van der Waals surface area (Å²) in [4.78, 5) is 27.2. The molecule has 2 aromatic rings. The van der Waals surface area contributed by atoms with Gasteiger partial charge >= 0.3 is 5.97 Å². The number of hydrogen-bond acceptors (Lipinski definition) is 3. The molecule has 0 unspecified atom stereocenters. The first-order chi connectivity index (χ1) is 10.5. The summed E-state index contributed by atoms with van der Waals surface area (Å²) in [5.74, 6) is -0.643. The molecule has 5 heteroatoms. The van der Waals surface area contributed by atoms with Crippen LogP contribution >= 0.6 is 0 Å². The highest BCUT2D eigenvalue weighted by Gasteiger charge is 2.22. The van der Waals surface area contributed by atoms with E-state index in [9.17, 15) is 9.59 Å². The van der Waals surface area contributed by atoms with Crippen LogP contribution in [0.4, 0.5) is 0 Å². The van der Waals surface area contributed by atoms with E-state index in [2.05, 4.69) is 10.3 Å². The summed E-state index contributed by atoms with van der Waals surface area (Å²) in [7, 11) is 0. The van der Waals surface area contributed by atoms with Crippen LogP contribution in [0.15, 0.2) is 30.3 Å². The summed E-state index contributed by atoms with van der Waals surface area (Å²) < 4.78 is 5.02. The van der Waals surface area contributed by atoms with E-state index in [0.29, 0.717) is 35.7 Å². The minimum atomic E-state index is -0.407. The van der Waals surface area contributed by atoms with Crippen molar-refractivity contribution in [2.24, 2.45) is 0 Å². The second-order valence-corrected chi connectivity index (χ2v) is 5.01. The lowest BCUT2D eigenvalue weighted by atomic mass is 10.1. The summed E-state index contributed by atoms with van der Waals surface area (Å²) in [6.07, 6.45) is 0. The largest absolute Gasteiger partial charge is 0.462 e. The Bertz CT molecular complexity index is 675. The standard InChI is InChI=1S/C17H20N2O3/c1-4-22-17(21)14-11(2)15(19-12(14)3)16(20)18-10-13-8-6-5-7-9-13/h5-9,19H,4,10H2,1-3H3,(H,18,20). The number of carbonyl (C=O) groups is 2. The zero-order chi connectivity index (χ0) is 16.1. The van der Waals surface area contributed by atoms with Crippen LogP contribution in [0.3, 0.4) is 0 Å². The molecule has 0 saturated heterocycles. The lowest BCUT2D eigenvalue weighted by Crippen LogP contribution is -2.24. The topological polar surface area (TPSA) is 71.2 Å². The van der Waals surface area contributed by atoms with Gasteiger partial charge in [0.2, 0.25) is 0 Å². The summed E-state index contributed by atoms with van der Waals surface area (Å²) >= 11 is 0. The third-order valence-corrected chi connectivity index (χ3v) is 3.44. The molecule has 0 fully saturated rings. The van der Waals surface area contributed by atoms with Crippen LogP contribution in [-0.4, -0.2) is 23.5 Å². The van der Waals surface area contributed by atoms with Crippen molar-refractivity contribution in [2.45, 2.75) is 27.3 Å². The monoisotopic (exact) mass is 300 g/mol. The van der Waals surface area contributed by atoms with Crippen molar-refractivity contribution >= 4 is 11.9 Å². The molecule has 22 heavy (non-hydrogen) atoms. The third kappa shape index (κ3) is 3.36. The fourth-order valence-electron chi connectivity index (χ4n) is 2.35. The van der Waals surface area contributed by atoms with E-state index in [0.717, 1.165) is 5.56 Å². The van der Waals surface area contributed by atoms with Gasteiger partial charge in [-0.3, -0.25) is 4.79 Å². The van der Waals surface area contributed by atoms with Crippen molar-refractivity contribution in [2.75, 3.05) is 6.61 Å². The quantitative estimate of drug-likeness (QED) is 0.834. The van der Waals surface area contributed by atoms with Crippen molar-refractivity contribution in [1.29, 1.82) is 0 Å². The van der Waals surface area contributed by atoms with Gasteiger partial charge in [-0.25, -0.2) is 4.79 Å². The number of aryl methyl sites for hydroxylation is 1. The highest BCUT2D eigenvalue weighted by molar-refractivity contribution is 6.00. The Kier molecular flexibility index (Phi) is 4.99. The third-order valence-electron chi connectivity index (χ3n) is 3.44. The maximum absolute atomic E-state index is 12.3. The Hall–Kier alpha value is -2.56. The fourth-order valence-corrected chi connectivity index (χ4v) is 2.35. The zero-order valence-electron chi connectivity index (χ0n) is 13.0. The first kappa shape index (κ1) is 15.8. The number of benzene rings is 1. The van der Waals surface area contributed by atoms with Crippen LogP contribution in [0, 0.1) is 13.8 Å². The first-order valence-electron chi connectivity index (χ1n) is 7.23. The Morgan fingerprint density at radius 1 is 1.18 bits per heavy atom. The van der Waals surface area contributed by atoms with Crippen molar-refractivity contribution in [3.05, 3.63) is 58.4 Å². The SMILES string of the molecule is CCOC(=O)c1c(C)[nH]c(C(=O)NCc2ccccc2)c1C. The molecule has 0 aliphatic heterocycles. The molecule has 0 bridgehead atoms. The van der Waals surface area contributed by atoms with Gasteiger partial charge < -0.3 is 15.0 Å². The van der Waals surface area contributed by atoms with Crippen molar-refractivity contribution in [3.63, 3.8) is 0 Å². The molecule has 0 aliphatic rings. The van der Waals surface area contributed by atoms with Crippen molar-refractivity contribution in [1.82, 2.24) is 10.3 Å². The van der Waals surface area contributed by atoms with Gasteiger partial charge in [-0.05, 0) is 31.9 Å². The number of aromatic amines is 1. The van der Waals surface area contributed by atoms with E-state index >= 15 is 0 Å². The summed E-state index contributed by atoms with van der Waals surface area (Å²) in [6.45, 7) is 5.99. The molecular weight excluding hydrogens is 280 g/mol. The number of esters is 1. The van der Waals surface area contributed by atoms with Gasteiger partial charge in [0.25, 0.3) is 5.91 Å². The number of hydrogen-bond donors (Lipinski definition) is 2. The van der Waals surface area contributed by atoms with Crippen LogP contribution in [0.5, 0.6) is 0 Å². The van der Waals surface area contributed by atoms with Crippen LogP contribution in [-0.2, 0) is 11.3 Å². The van der Waals surface area contributed by atoms with E-state index in [1.165, 1.54) is 0 Å². The Balaban J connectivity index is 2.13. The number of aromatic nitrogens is 1. The van der Waals surface area contributed by atoms with Gasteiger partial charge in [0.15, 0.2) is 0 Å². The molecule has 2 rings (SSSR count). The number of H-pyrrole nitrogens is 1. The van der Waals surface area contributed by atoms with Crippen LogP contribution in [0.1, 0.15) is 44.6 Å². The molecule has 2 N–H and O–H groups in total. The number of carbonyl (C=O) groups excluding carboxylic acids is 2. The molecule has 1 aromatic heterocycles. The first-order valence-corrected chi connectivity index (χ1v) is 7.23. The second kappa shape index (κ2) is 6.93. The molecular formula is C17H20N2O3. The number of ether oxygens (including phenoxy) is 1. The molecule has 1 heterocycles. The van der Waals surface area contributed by atoms with Gasteiger partial charge in [-0.15, -0.1) is 0 Å². The highest BCUT2D eigenvalue weighted by Crippen LogP contribution is 2.19. The van der Waals surface area contributed by atoms with Gasteiger partial charge in [0.05, 0.1) is 12.2 Å². The van der Waals surface area contributed by atoms with Crippen molar-refractivity contribution in [3.8, 4) is 0 Å². The van der Waals surface area contributed by atoms with E-state index < -0.39 is 5.97 Å². The number of amides is 1. The fraction of sp³-hybridized carbons (Fsp3) is 0.294. The lowest BCUT2D eigenvalue weighted by molar-refractivity contribution is 0.0525. The average molecular weight is 300 g/mol. The van der Waals surface area contributed by atoms with Crippen molar-refractivity contribution < 1.29 is 14.3 Å². The number of nitrogens with one attached hydrogen (secondary N) is 2. The van der Waals surface area contributed by atoms with Gasteiger partial charge in [0.1, 0.15) is 5.69 Å². The normalized spacial score (nSPS) is 10.3. The second-order valence-electron chi connectivity index (χ2n) is 5.01. The molecule has 0 radical (unpaired) electrons. The minimum absolute atomic E-state index is 0.236. The average Bonchev–Trinajstić information content (AvgIpc) is 2.81. The summed E-state index contributed by atoms with van der Waals surface area (Å²) in [6, 6.07) is 9.65. The van der Waals surface area contributed by atoms with Crippen LogP contribution in [0.25, 0.3) is 0 Å². The van der Waals surface area contributed by atoms with E-state index in [1.807, 2.05) is 30.3 Å². The lowest BCUT2D eigenvalue weighted by Gasteiger charge is -2.05. The van der Waals surface area contributed by atoms with Crippen LogP contribution in [0.2, 0.25) is 0 Å². The molecule has 0 aliphatic carbocycles. The maximum Gasteiger partial charge on any atom is 0.340 e. The van der Waals surface area contributed by atoms with Gasteiger partial charge in [-0.1, -0.05) is 30.3 Å². The highest BCUT2D eigenvalue weighted by atomic mass is 16.5. The van der Waals surface area contributed by atoms with Crippen LogP contribution < -0.4 is 5.32 Å². The molecule has 1 amide bonds. The smallest absolute Gasteiger partial charge is 0.340 e. The van der Waals surface area contributed by atoms with E-state index in [-0.39, 0.29) is 5.91 Å². The van der Waals surface area contributed by atoms with E-state index in [4.69, 9.17) is 4.74 Å². The van der Waals surface area contributed by atoms with E-state index in [1.54, 1.807) is 20.8 Å². The molecule has 116 valence electrons. The predicted molar refractivity (Wildman–Crippen MR) is 83.8 cm³/mol. The zero-order valence-corrected chi connectivity index (χ0v) is 13.0. The molecule has 1 aromatic carbocycles. The molecule has 0 spiro atoms. The Morgan fingerprint density at radius 3 is 2.50 bits per heavy atom. The maximum atomic E-state index is 12.3. The predicted octanol–water partition coefficient (Wildman–Crippen LogP) is 2.74. The Labute approximate surface area is 129 Å². The van der Waals surface area contributed by atoms with Gasteiger partial charge in [-0.2, -0.15) is 0 Å². The molecule has 0 saturated carbocycles.